The van der Waals surface area contributed by atoms with Gasteiger partial charge < -0.3 is 9.88 Å². The van der Waals surface area contributed by atoms with Crippen molar-refractivity contribution in [2.24, 2.45) is 0 Å². The van der Waals surface area contributed by atoms with E-state index in [2.05, 4.69) is 22.1 Å². The van der Waals surface area contributed by atoms with Gasteiger partial charge in [-0.2, -0.15) is 0 Å². The molecule has 0 aliphatic rings. The van der Waals surface area contributed by atoms with Crippen LogP contribution in [0.2, 0.25) is 5.02 Å². The Labute approximate surface area is 145 Å². The maximum absolute atomic E-state index is 12.0. The number of amides is 1. The van der Waals surface area contributed by atoms with Crippen molar-refractivity contribution in [3.8, 4) is 11.4 Å². The summed E-state index contributed by atoms with van der Waals surface area (Å²) in [5.41, 5.74) is 0.944. The summed E-state index contributed by atoms with van der Waals surface area (Å²) in [5.74, 6) is 0.721. The van der Waals surface area contributed by atoms with Crippen LogP contribution in [0.3, 0.4) is 0 Å². The summed E-state index contributed by atoms with van der Waals surface area (Å²) in [5, 5.41) is 12.4. The molecule has 0 aliphatic carbocycles. The normalized spacial score (nSPS) is 12.0. The highest BCUT2D eigenvalue weighted by Crippen LogP contribution is 2.27. The molecule has 0 saturated heterocycles. The number of carbonyl (C=O) groups is 1. The van der Waals surface area contributed by atoms with Crippen molar-refractivity contribution in [2.75, 3.05) is 6.54 Å². The monoisotopic (exact) mass is 350 g/mol. The third-order valence-electron chi connectivity index (χ3n) is 3.21. The summed E-state index contributed by atoms with van der Waals surface area (Å²) < 4.78 is 1.99. The van der Waals surface area contributed by atoms with Crippen molar-refractivity contribution in [3.63, 3.8) is 0 Å². The van der Waals surface area contributed by atoms with Gasteiger partial charge in [0.15, 0.2) is 11.0 Å². The van der Waals surface area contributed by atoms with Crippen LogP contribution in [0, 0.1) is 0 Å². The predicted octanol–water partition coefficient (Wildman–Crippen LogP) is 3.40. The van der Waals surface area contributed by atoms with Crippen LogP contribution >= 0.6 is 23.4 Å². The lowest BCUT2D eigenvalue weighted by atomic mass is 10.2. The third-order valence-corrected chi connectivity index (χ3v) is 4.54. The lowest BCUT2D eigenvalue weighted by Gasteiger charge is -2.12. The molecule has 2 rings (SSSR count). The molecule has 122 valence electrons. The van der Waals surface area contributed by atoms with E-state index >= 15 is 0 Å². The minimum Gasteiger partial charge on any atom is -0.352 e. The summed E-state index contributed by atoms with van der Waals surface area (Å²) in [6.45, 7) is 8.63. The van der Waals surface area contributed by atoms with Crippen LogP contribution in [-0.2, 0) is 11.3 Å². The molecule has 0 spiro atoms. The number of nitrogens with one attached hydrogen (secondary N) is 1. The molecule has 1 N–H and O–H groups in total. The molecule has 2 aromatic rings. The molecule has 0 unspecified atom stereocenters. The number of hydrogen-bond acceptors (Lipinski definition) is 4. The van der Waals surface area contributed by atoms with Crippen LogP contribution in [-0.4, -0.2) is 32.5 Å². The summed E-state index contributed by atoms with van der Waals surface area (Å²) in [6.07, 6.45) is 1.66. The molecule has 1 aromatic heterocycles. The van der Waals surface area contributed by atoms with Crippen LogP contribution in [0.1, 0.15) is 13.8 Å². The number of thioether (sulfide) groups is 1. The molecular formula is C16H19ClN4OS. The Morgan fingerprint density at radius 2 is 2.13 bits per heavy atom. The van der Waals surface area contributed by atoms with Gasteiger partial charge in [-0.1, -0.05) is 29.4 Å². The average molecular weight is 351 g/mol. The Kier molecular flexibility index (Phi) is 6.24. The molecule has 1 heterocycles. The van der Waals surface area contributed by atoms with Crippen LogP contribution < -0.4 is 5.32 Å². The van der Waals surface area contributed by atoms with Crippen LogP contribution in [0.5, 0.6) is 0 Å². The Bertz CT molecular complexity index is 684. The Morgan fingerprint density at radius 3 is 2.74 bits per heavy atom. The third kappa shape index (κ3) is 4.36. The fourth-order valence-electron chi connectivity index (χ4n) is 2.00. The molecule has 1 atom stereocenters. The lowest BCUT2D eigenvalue weighted by Crippen LogP contribution is -2.31. The first-order chi connectivity index (χ1) is 11.1. The highest BCUT2D eigenvalue weighted by atomic mass is 35.5. The second-order valence-corrected chi connectivity index (χ2v) is 6.60. The smallest absolute Gasteiger partial charge is 0.233 e. The van der Waals surface area contributed by atoms with Crippen molar-refractivity contribution in [2.45, 2.75) is 30.8 Å². The summed E-state index contributed by atoms with van der Waals surface area (Å²) in [6, 6.07) is 7.47. The van der Waals surface area contributed by atoms with Crippen molar-refractivity contribution >= 4 is 29.3 Å². The van der Waals surface area contributed by atoms with E-state index in [1.54, 1.807) is 6.08 Å². The van der Waals surface area contributed by atoms with Gasteiger partial charge in [0.25, 0.3) is 0 Å². The Balaban J connectivity index is 2.19. The van der Waals surface area contributed by atoms with E-state index in [0.717, 1.165) is 16.5 Å². The number of carbonyl (C=O) groups excluding carboxylic acids is 1. The van der Waals surface area contributed by atoms with Crippen molar-refractivity contribution in [3.05, 3.63) is 41.9 Å². The minimum atomic E-state index is -0.262. The number of benzene rings is 1. The molecule has 0 fully saturated rings. The van der Waals surface area contributed by atoms with Crippen molar-refractivity contribution in [1.29, 1.82) is 0 Å². The molecule has 5 nitrogen and oxygen atoms in total. The van der Waals surface area contributed by atoms with Crippen molar-refractivity contribution < 1.29 is 4.79 Å². The van der Waals surface area contributed by atoms with Gasteiger partial charge in [-0.25, -0.2) is 0 Å². The summed E-state index contributed by atoms with van der Waals surface area (Å²) >= 11 is 7.31. The number of halogens is 1. The SMILES string of the molecule is C=CCNC(=O)[C@H](C)Sc1nnc(-c2ccc(Cl)cc2)n1CC. The van der Waals surface area contributed by atoms with Gasteiger partial charge in [-0.15, -0.1) is 16.8 Å². The van der Waals surface area contributed by atoms with E-state index < -0.39 is 0 Å². The highest BCUT2D eigenvalue weighted by Gasteiger charge is 2.19. The van der Waals surface area contributed by atoms with Gasteiger partial charge >= 0.3 is 0 Å². The standard InChI is InChI=1S/C16H19ClN4OS/c1-4-10-18-15(22)11(3)23-16-20-19-14(21(16)5-2)12-6-8-13(17)9-7-12/h4,6-9,11H,1,5,10H2,2-3H3,(H,18,22)/t11-/m0/s1. The molecular weight excluding hydrogens is 332 g/mol. The number of rotatable bonds is 7. The fraction of sp³-hybridized carbons (Fsp3) is 0.312. The first-order valence-corrected chi connectivity index (χ1v) is 8.57. The van der Waals surface area contributed by atoms with Gasteiger partial charge in [0, 0.05) is 23.7 Å². The van der Waals surface area contributed by atoms with Crippen LogP contribution in [0.15, 0.2) is 42.1 Å². The maximum Gasteiger partial charge on any atom is 0.233 e. The van der Waals surface area contributed by atoms with E-state index in [1.165, 1.54) is 11.8 Å². The maximum atomic E-state index is 12.0. The number of aromatic nitrogens is 3. The zero-order chi connectivity index (χ0) is 16.8. The number of hydrogen-bond donors (Lipinski definition) is 1. The minimum absolute atomic E-state index is 0.0476. The van der Waals surface area contributed by atoms with Gasteiger partial charge in [-0.3, -0.25) is 4.79 Å². The van der Waals surface area contributed by atoms with E-state index in [0.29, 0.717) is 18.1 Å². The Hall–Kier alpha value is -1.79. The van der Waals surface area contributed by atoms with Crippen LogP contribution in [0.25, 0.3) is 11.4 Å². The summed E-state index contributed by atoms with van der Waals surface area (Å²) in [7, 11) is 0. The quantitative estimate of drug-likeness (QED) is 0.614. The topological polar surface area (TPSA) is 59.8 Å². The van der Waals surface area contributed by atoms with Crippen LogP contribution in [0.4, 0.5) is 0 Å². The second-order valence-electron chi connectivity index (χ2n) is 4.85. The van der Waals surface area contributed by atoms with Crippen molar-refractivity contribution in [1.82, 2.24) is 20.1 Å². The van der Waals surface area contributed by atoms with Gasteiger partial charge in [0.05, 0.1) is 5.25 Å². The fourth-order valence-corrected chi connectivity index (χ4v) is 3.06. The molecule has 1 aromatic carbocycles. The molecule has 23 heavy (non-hydrogen) atoms. The molecule has 0 saturated carbocycles. The predicted molar refractivity (Wildman–Crippen MR) is 94.7 cm³/mol. The first kappa shape index (κ1) is 17.6. The molecule has 0 aliphatic heterocycles. The van der Waals surface area contributed by atoms with Gasteiger partial charge in [-0.05, 0) is 38.1 Å². The zero-order valence-electron chi connectivity index (χ0n) is 13.1. The van der Waals surface area contributed by atoms with E-state index in [4.69, 9.17) is 11.6 Å². The van der Waals surface area contributed by atoms with E-state index in [1.807, 2.05) is 42.7 Å². The van der Waals surface area contributed by atoms with E-state index in [-0.39, 0.29) is 11.2 Å². The second kappa shape index (κ2) is 8.17. The van der Waals surface area contributed by atoms with Gasteiger partial charge in [0.1, 0.15) is 0 Å². The molecule has 1 amide bonds. The number of nitrogens with zero attached hydrogens (tertiary/aromatic N) is 3. The molecule has 0 bridgehead atoms. The zero-order valence-corrected chi connectivity index (χ0v) is 14.7. The lowest BCUT2D eigenvalue weighted by molar-refractivity contribution is -0.120. The Morgan fingerprint density at radius 1 is 1.43 bits per heavy atom. The largest absolute Gasteiger partial charge is 0.352 e. The summed E-state index contributed by atoms with van der Waals surface area (Å²) in [4.78, 5) is 12.0. The first-order valence-electron chi connectivity index (χ1n) is 7.31. The average Bonchev–Trinajstić information content (AvgIpc) is 2.95. The highest BCUT2D eigenvalue weighted by molar-refractivity contribution is 8.00. The van der Waals surface area contributed by atoms with E-state index in [9.17, 15) is 4.79 Å². The van der Waals surface area contributed by atoms with Gasteiger partial charge in [0.2, 0.25) is 5.91 Å². The molecule has 7 heteroatoms. The molecule has 0 radical (unpaired) electrons.